The third-order valence-corrected chi connectivity index (χ3v) is 2.60. The summed E-state index contributed by atoms with van der Waals surface area (Å²) in [6.07, 6.45) is 3.10. The van der Waals surface area contributed by atoms with Crippen LogP contribution in [0.5, 0.6) is 0 Å². The highest BCUT2D eigenvalue weighted by Crippen LogP contribution is 2.08. The molecule has 1 aromatic rings. The van der Waals surface area contributed by atoms with Crippen molar-refractivity contribution in [3.05, 3.63) is 29.6 Å². The SMILES string of the molecule is O=C(c1cncc(C#CCO)c1)N1CCOCC1. The topological polar surface area (TPSA) is 62.7 Å². The number of pyridine rings is 1. The van der Waals surface area contributed by atoms with Gasteiger partial charge in [0, 0.05) is 31.0 Å². The molecule has 0 spiro atoms. The first-order valence-electron chi connectivity index (χ1n) is 5.73. The van der Waals surface area contributed by atoms with Crippen LogP contribution in [0.3, 0.4) is 0 Å². The summed E-state index contributed by atoms with van der Waals surface area (Å²) in [5.41, 5.74) is 1.14. The molecule has 94 valence electrons. The van der Waals surface area contributed by atoms with Gasteiger partial charge in [-0.3, -0.25) is 9.78 Å². The number of carbonyl (C=O) groups excluding carboxylic acids is 1. The molecule has 0 saturated carbocycles. The molecule has 18 heavy (non-hydrogen) atoms. The van der Waals surface area contributed by atoms with Gasteiger partial charge in [-0.2, -0.15) is 0 Å². The van der Waals surface area contributed by atoms with Crippen molar-refractivity contribution in [1.29, 1.82) is 0 Å². The lowest BCUT2D eigenvalue weighted by Crippen LogP contribution is -2.40. The van der Waals surface area contributed by atoms with Crippen LogP contribution in [0, 0.1) is 11.8 Å². The van der Waals surface area contributed by atoms with E-state index >= 15 is 0 Å². The fourth-order valence-electron chi connectivity index (χ4n) is 1.72. The molecule has 1 fully saturated rings. The van der Waals surface area contributed by atoms with Gasteiger partial charge in [0.05, 0.1) is 18.8 Å². The van der Waals surface area contributed by atoms with Gasteiger partial charge in [-0.1, -0.05) is 11.8 Å². The minimum atomic E-state index is -0.207. The minimum absolute atomic E-state index is 0.0570. The number of aliphatic hydroxyl groups is 1. The summed E-state index contributed by atoms with van der Waals surface area (Å²) in [4.78, 5) is 17.9. The molecule has 0 atom stereocenters. The number of hydrogen-bond donors (Lipinski definition) is 1. The van der Waals surface area contributed by atoms with E-state index < -0.39 is 0 Å². The van der Waals surface area contributed by atoms with Gasteiger partial charge in [0.1, 0.15) is 6.61 Å². The first-order chi connectivity index (χ1) is 8.81. The number of ether oxygens (including phenoxy) is 1. The van der Waals surface area contributed by atoms with Crippen LogP contribution in [0.25, 0.3) is 0 Å². The Kier molecular flexibility index (Phi) is 4.29. The molecule has 0 aliphatic carbocycles. The van der Waals surface area contributed by atoms with Gasteiger partial charge in [-0.15, -0.1) is 0 Å². The summed E-state index contributed by atoms with van der Waals surface area (Å²) in [5, 5.41) is 8.63. The molecule has 0 unspecified atom stereocenters. The maximum Gasteiger partial charge on any atom is 0.255 e. The van der Waals surface area contributed by atoms with Crippen molar-refractivity contribution in [3.63, 3.8) is 0 Å². The number of morpholine rings is 1. The predicted molar refractivity (Wildman–Crippen MR) is 64.9 cm³/mol. The van der Waals surface area contributed by atoms with Gasteiger partial charge in [-0.25, -0.2) is 0 Å². The fraction of sp³-hybridized carbons (Fsp3) is 0.385. The molecule has 1 saturated heterocycles. The highest BCUT2D eigenvalue weighted by molar-refractivity contribution is 5.94. The lowest BCUT2D eigenvalue weighted by atomic mass is 10.2. The third-order valence-electron chi connectivity index (χ3n) is 2.60. The van der Waals surface area contributed by atoms with E-state index in [4.69, 9.17) is 9.84 Å². The highest BCUT2D eigenvalue weighted by Gasteiger charge is 2.18. The number of nitrogens with zero attached hydrogens (tertiary/aromatic N) is 2. The van der Waals surface area contributed by atoms with Crippen LogP contribution >= 0.6 is 0 Å². The lowest BCUT2D eigenvalue weighted by molar-refractivity contribution is 0.0302. The number of amides is 1. The molecule has 0 radical (unpaired) electrons. The smallest absolute Gasteiger partial charge is 0.255 e. The predicted octanol–water partition coefficient (Wildman–Crippen LogP) is -0.102. The van der Waals surface area contributed by atoms with Gasteiger partial charge >= 0.3 is 0 Å². The molecule has 1 aliphatic heterocycles. The van der Waals surface area contributed by atoms with Crippen LogP contribution in [-0.2, 0) is 4.74 Å². The second-order valence-electron chi connectivity index (χ2n) is 3.83. The molecule has 1 N–H and O–H groups in total. The van der Waals surface area contributed by atoms with Gasteiger partial charge in [0.25, 0.3) is 5.91 Å². The normalized spacial score (nSPS) is 14.8. The van der Waals surface area contributed by atoms with E-state index in [2.05, 4.69) is 16.8 Å². The van der Waals surface area contributed by atoms with E-state index in [0.29, 0.717) is 37.4 Å². The Morgan fingerprint density at radius 2 is 2.22 bits per heavy atom. The Bertz CT molecular complexity index is 484. The van der Waals surface area contributed by atoms with Crippen LogP contribution in [0.2, 0.25) is 0 Å². The quantitative estimate of drug-likeness (QED) is 0.703. The van der Waals surface area contributed by atoms with Crippen LogP contribution < -0.4 is 0 Å². The summed E-state index contributed by atoms with van der Waals surface area (Å²) in [6, 6.07) is 1.69. The Labute approximate surface area is 105 Å². The number of aromatic nitrogens is 1. The van der Waals surface area contributed by atoms with E-state index in [1.807, 2.05) is 0 Å². The van der Waals surface area contributed by atoms with E-state index in [9.17, 15) is 4.79 Å². The van der Waals surface area contributed by atoms with Crippen molar-refractivity contribution in [2.75, 3.05) is 32.9 Å². The van der Waals surface area contributed by atoms with Crippen molar-refractivity contribution >= 4 is 5.91 Å². The number of carbonyl (C=O) groups is 1. The van der Waals surface area contributed by atoms with Gasteiger partial charge in [0.2, 0.25) is 0 Å². The first-order valence-corrected chi connectivity index (χ1v) is 5.73. The van der Waals surface area contributed by atoms with Crippen LogP contribution in [0.1, 0.15) is 15.9 Å². The molecule has 5 heteroatoms. The van der Waals surface area contributed by atoms with Crippen molar-refractivity contribution in [3.8, 4) is 11.8 Å². The fourth-order valence-corrected chi connectivity index (χ4v) is 1.72. The molecule has 5 nitrogen and oxygen atoms in total. The lowest BCUT2D eigenvalue weighted by Gasteiger charge is -2.26. The zero-order valence-electron chi connectivity index (χ0n) is 9.93. The Hall–Kier alpha value is -1.90. The van der Waals surface area contributed by atoms with Crippen molar-refractivity contribution in [2.24, 2.45) is 0 Å². The Morgan fingerprint density at radius 3 is 2.94 bits per heavy atom. The first kappa shape index (κ1) is 12.6. The molecule has 0 aromatic carbocycles. The number of aliphatic hydroxyl groups excluding tert-OH is 1. The van der Waals surface area contributed by atoms with E-state index in [0.717, 1.165) is 0 Å². The number of rotatable bonds is 1. The molecular weight excluding hydrogens is 232 g/mol. The minimum Gasteiger partial charge on any atom is -0.384 e. The zero-order valence-corrected chi connectivity index (χ0v) is 9.93. The molecule has 1 aromatic heterocycles. The monoisotopic (exact) mass is 246 g/mol. The van der Waals surface area contributed by atoms with Crippen LogP contribution in [0.4, 0.5) is 0 Å². The summed E-state index contributed by atoms with van der Waals surface area (Å²) in [7, 11) is 0. The molecule has 2 heterocycles. The molecule has 2 rings (SSSR count). The Morgan fingerprint density at radius 1 is 1.44 bits per heavy atom. The summed E-state index contributed by atoms with van der Waals surface area (Å²) in [5.74, 6) is 5.21. The maximum absolute atomic E-state index is 12.2. The average Bonchev–Trinajstić information content (AvgIpc) is 2.45. The molecular formula is C13H14N2O3. The second kappa shape index (κ2) is 6.15. The summed E-state index contributed by atoms with van der Waals surface area (Å²) >= 11 is 0. The van der Waals surface area contributed by atoms with Crippen molar-refractivity contribution < 1.29 is 14.6 Å². The van der Waals surface area contributed by atoms with Crippen molar-refractivity contribution in [1.82, 2.24) is 9.88 Å². The summed E-state index contributed by atoms with van der Waals surface area (Å²) in [6.45, 7) is 2.14. The standard InChI is InChI=1S/C13H14N2O3/c16-5-1-2-11-8-12(10-14-9-11)13(17)15-3-6-18-7-4-15/h8-10,16H,3-7H2. The molecule has 1 amide bonds. The Balaban J connectivity index is 2.14. The third kappa shape index (κ3) is 3.06. The zero-order chi connectivity index (χ0) is 12.8. The van der Waals surface area contributed by atoms with Gasteiger partial charge in [-0.05, 0) is 6.07 Å². The van der Waals surface area contributed by atoms with Crippen LogP contribution in [0.15, 0.2) is 18.5 Å². The maximum atomic E-state index is 12.2. The van der Waals surface area contributed by atoms with Crippen molar-refractivity contribution in [2.45, 2.75) is 0 Å². The summed E-state index contributed by atoms with van der Waals surface area (Å²) < 4.78 is 5.20. The highest BCUT2D eigenvalue weighted by atomic mass is 16.5. The molecule has 0 bridgehead atoms. The largest absolute Gasteiger partial charge is 0.384 e. The second-order valence-corrected chi connectivity index (χ2v) is 3.83. The van der Waals surface area contributed by atoms with E-state index in [1.54, 1.807) is 17.2 Å². The number of hydrogen-bond acceptors (Lipinski definition) is 4. The van der Waals surface area contributed by atoms with E-state index in [1.165, 1.54) is 6.20 Å². The van der Waals surface area contributed by atoms with E-state index in [-0.39, 0.29) is 12.5 Å². The van der Waals surface area contributed by atoms with Gasteiger partial charge in [0.15, 0.2) is 0 Å². The molecule has 1 aliphatic rings. The average molecular weight is 246 g/mol. The van der Waals surface area contributed by atoms with Gasteiger partial charge < -0.3 is 14.7 Å². The van der Waals surface area contributed by atoms with Crippen LogP contribution in [-0.4, -0.2) is 53.8 Å².